The third-order valence-corrected chi connectivity index (χ3v) is 3.29. The number of rotatable bonds is 5. The second-order valence-corrected chi connectivity index (χ2v) is 5.18. The third-order valence-electron chi connectivity index (χ3n) is 2.13. The topological polar surface area (TPSA) is 46.5 Å². The van der Waals surface area contributed by atoms with Crippen LogP contribution in [-0.2, 0) is 4.74 Å². The van der Waals surface area contributed by atoms with E-state index >= 15 is 0 Å². The lowest BCUT2D eigenvalue weighted by molar-refractivity contribution is 0.0532. The van der Waals surface area contributed by atoms with Crippen LogP contribution in [0.3, 0.4) is 0 Å². The molecule has 16 heavy (non-hydrogen) atoms. The zero-order valence-corrected chi connectivity index (χ0v) is 10.7. The van der Waals surface area contributed by atoms with Crippen molar-refractivity contribution in [3.05, 3.63) is 21.9 Å². The summed E-state index contributed by atoms with van der Waals surface area (Å²) >= 11 is 1.31. The highest BCUT2D eigenvalue weighted by Gasteiger charge is 2.15. The maximum atomic E-state index is 11.4. The number of esters is 1. The maximum Gasteiger partial charge on any atom is 0.348 e. The van der Waals surface area contributed by atoms with Gasteiger partial charge in [-0.15, -0.1) is 11.3 Å². The molecule has 0 aromatic carbocycles. The summed E-state index contributed by atoms with van der Waals surface area (Å²) in [5.41, 5.74) is 0. The van der Waals surface area contributed by atoms with Crippen LogP contribution in [0.4, 0.5) is 0 Å². The van der Waals surface area contributed by atoms with Gasteiger partial charge >= 0.3 is 5.97 Å². The van der Waals surface area contributed by atoms with Gasteiger partial charge in [0.1, 0.15) is 4.88 Å². The van der Waals surface area contributed by atoms with Crippen LogP contribution in [0.25, 0.3) is 0 Å². The number of carbonyl (C=O) groups excluding carboxylic acids is 1. The highest BCUT2D eigenvalue weighted by Crippen LogP contribution is 2.28. The summed E-state index contributed by atoms with van der Waals surface area (Å²) in [5.74, 6) is 0.124. The van der Waals surface area contributed by atoms with E-state index in [2.05, 4.69) is 13.8 Å². The molecular formula is C12H18O3S. The maximum absolute atomic E-state index is 11.4. The normalized spacial score (nSPS) is 12.8. The fraction of sp³-hybridized carbons (Fsp3) is 0.583. The number of hydrogen-bond donors (Lipinski definition) is 1. The minimum absolute atomic E-state index is 0.310. The van der Waals surface area contributed by atoms with E-state index < -0.39 is 6.10 Å². The predicted octanol–water partition coefficient (Wildman–Crippen LogP) is 3.00. The van der Waals surface area contributed by atoms with E-state index in [-0.39, 0.29) is 5.97 Å². The first-order chi connectivity index (χ1) is 7.54. The zero-order chi connectivity index (χ0) is 12.1. The Bertz CT molecular complexity index is 344. The van der Waals surface area contributed by atoms with Crippen molar-refractivity contribution in [2.75, 3.05) is 6.61 Å². The molecule has 1 N–H and O–H groups in total. The average molecular weight is 242 g/mol. The van der Waals surface area contributed by atoms with Crippen LogP contribution in [0.5, 0.6) is 0 Å². The monoisotopic (exact) mass is 242 g/mol. The molecule has 3 nitrogen and oxygen atoms in total. The third kappa shape index (κ3) is 3.61. The Hall–Kier alpha value is -0.870. The first-order valence-corrected chi connectivity index (χ1v) is 6.31. The Morgan fingerprint density at radius 3 is 2.75 bits per heavy atom. The lowest BCUT2D eigenvalue weighted by Gasteiger charge is -2.10. The second-order valence-electron chi connectivity index (χ2n) is 4.07. The smallest absolute Gasteiger partial charge is 0.348 e. The molecular weight excluding hydrogens is 224 g/mol. The summed E-state index contributed by atoms with van der Waals surface area (Å²) in [6, 6.07) is 3.51. The fourth-order valence-corrected chi connectivity index (χ4v) is 2.31. The van der Waals surface area contributed by atoms with Crippen molar-refractivity contribution < 1.29 is 14.6 Å². The number of carbonyl (C=O) groups is 1. The van der Waals surface area contributed by atoms with Crippen LogP contribution in [0.2, 0.25) is 0 Å². The highest BCUT2D eigenvalue weighted by molar-refractivity contribution is 7.14. The highest BCUT2D eigenvalue weighted by atomic mass is 32.1. The molecule has 1 aromatic heterocycles. The first kappa shape index (κ1) is 13.2. The van der Waals surface area contributed by atoms with Crippen LogP contribution in [-0.4, -0.2) is 17.7 Å². The van der Waals surface area contributed by atoms with E-state index in [1.807, 2.05) is 0 Å². The molecule has 0 aliphatic rings. The molecule has 0 aliphatic heterocycles. The quantitative estimate of drug-likeness (QED) is 0.807. The Morgan fingerprint density at radius 2 is 2.19 bits per heavy atom. The van der Waals surface area contributed by atoms with Gasteiger partial charge in [0.25, 0.3) is 0 Å². The van der Waals surface area contributed by atoms with Crippen molar-refractivity contribution in [3.8, 4) is 0 Å². The molecule has 0 saturated heterocycles. The Labute approximate surface area is 100 Å². The standard InChI is InChI=1S/C12H18O3S/c1-4-15-12(14)11-6-5-10(16-11)9(13)7-8(2)3/h5-6,8-9,13H,4,7H2,1-3H3. The molecule has 0 bridgehead atoms. The van der Waals surface area contributed by atoms with Crippen LogP contribution in [0, 0.1) is 5.92 Å². The summed E-state index contributed by atoms with van der Waals surface area (Å²) < 4.78 is 4.89. The fourth-order valence-electron chi connectivity index (χ4n) is 1.41. The van der Waals surface area contributed by atoms with Crippen molar-refractivity contribution in [2.45, 2.75) is 33.3 Å². The van der Waals surface area contributed by atoms with Crippen molar-refractivity contribution >= 4 is 17.3 Å². The van der Waals surface area contributed by atoms with Gasteiger partial charge in [-0.25, -0.2) is 4.79 Å². The van der Waals surface area contributed by atoms with Crippen molar-refractivity contribution in [1.29, 1.82) is 0 Å². The molecule has 1 atom stereocenters. The Morgan fingerprint density at radius 1 is 1.50 bits per heavy atom. The molecule has 1 heterocycles. The molecule has 0 aliphatic carbocycles. The molecule has 1 rings (SSSR count). The molecule has 0 saturated carbocycles. The van der Waals surface area contributed by atoms with Gasteiger partial charge in [-0.05, 0) is 31.4 Å². The molecule has 1 unspecified atom stereocenters. The van der Waals surface area contributed by atoms with Gasteiger partial charge in [0.05, 0.1) is 12.7 Å². The van der Waals surface area contributed by atoms with Crippen LogP contribution >= 0.6 is 11.3 Å². The molecule has 4 heteroatoms. The summed E-state index contributed by atoms with van der Waals surface area (Å²) in [7, 11) is 0. The zero-order valence-electron chi connectivity index (χ0n) is 9.90. The summed E-state index contributed by atoms with van der Waals surface area (Å²) in [4.78, 5) is 12.8. The Balaban J connectivity index is 2.67. The van der Waals surface area contributed by atoms with E-state index in [4.69, 9.17) is 4.74 Å². The molecule has 0 fully saturated rings. The van der Waals surface area contributed by atoms with Crippen LogP contribution in [0.1, 0.15) is 47.8 Å². The number of ether oxygens (including phenoxy) is 1. The van der Waals surface area contributed by atoms with Gasteiger partial charge in [0, 0.05) is 4.88 Å². The minimum Gasteiger partial charge on any atom is -0.462 e. The van der Waals surface area contributed by atoms with Crippen molar-refractivity contribution in [2.24, 2.45) is 5.92 Å². The molecule has 90 valence electrons. The summed E-state index contributed by atoms with van der Waals surface area (Å²) in [6.45, 7) is 6.27. The van der Waals surface area contributed by atoms with Gasteiger partial charge in [-0.1, -0.05) is 13.8 Å². The van der Waals surface area contributed by atoms with Crippen LogP contribution < -0.4 is 0 Å². The average Bonchev–Trinajstić information content (AvgIpc) is 2.65. The van der Waals surface area contributed by atoms with Crippen molar-refractivity contribution in [3.63, 3.8) is 0 Å². The van der Waals surface area contributed by atoms with Gasteiger partial charge in [-0.3, -0.25) is 0 Å². The summed E-state index contributed by atoms with van der Waals surface area (Å²) in [5, 5.41) is 9.87. The molecule has 0 amide bonds. The van der Waals surface area contributed by atoms with E-state index in [1.54, 1.807) is 19.1 Å². The van der Waals surface area contributed by atoms with E-state index in [0.29, 0.717) is 23.8 Å². The lowest BCUT2D eigenvalue weighted by Crippen LogP contribution is -2.02. The largest absolute Gasteiger partial charge is 0.462 e. The first-order valence-electron chi connectivity index (χ1n) is 5.49. The van der Waals surface area contributed by atoms with Crippen molar-refractivity contribution in [1.82, 2.24) is 0 Å². The Kier molecular flexibility index (Phi) is 4.96. The van der Waals surface area contributed by atoms with Gasteiger partial charge in [0.2, 0.25) is 0 Å². The summed E-state index contributed by atoms with van der Waals surface area (Å²) in [6.07, 6.45) is 0.233. The van der Waals surface area contributed by atoms with Gasteiger partial charge in [0.15, 0.2) is 0 Å². The SMILES string of the molecule is CCOC(=O)c1ccc(C(O)CC(C)C)s1. The molecule has 0 radical (unpaired) electrons. The predicted molar refractivity (Wildman–Crippen MR) is 64.7 cm³/mol. The van der Waals surface area contributed by atoms with E-state index in [0.717, 1.165) is 4.88 Å². The number of thiophene rings is 1. The minimum atomic E-state index is -0.479. The molecule has 1 aromatic rings. The van der Waals surface area contributed by atoms with Gasteiger partial charge in [-0.2, -0.15) is 0 Å². The number of aliphatic hydroxyl groups excluding tert-OH is 1. The number of hydrogen-bond acceptors (Lipinski definition) is 4. The van der Waals surface area contributed by atoms with E-state index in [1.165, 1.54) is 11.3 Å². The molecule has 0 spiro atoms. The lowest BCUT2D eigenvalue weighted by atomic mass is 10.1. The van der Waals surface area contributed by atoms with Gasteiger partial charge < -0.3 is 9.84 Å². The van der Waals surface area contributed by atoms with Crippen LogP contribution in [0.15, 0.2) is 12.1 Å². The number of aliphatic hydroxyl groups is 1. The second kappa shape index (κ2) is 6.01. The van der Waals surface area contributed by atoms with E-state index in [9.17, 15) is 9.90 Å².